The van der Waals surface area contributed by atoms with Crippen molar-refractivity contribution in [1.29, 1.82) is 0 Å². The molecule has 0 saturated carbocycles. The number of esters is 3. The first-order valence-corrected chi connectivity index (χ1v) is 13.8. The van der Waals surface area contributed by atoms with E-state index < -0.39 is 24.5 Å². The number of hydrogen-bond acceptors (Lipinski definition) is 8. The van der Waals surface area contributed by atoms with Crippen molar-refractivity contribution >= 4 is 17.9 Å². The molecule has 0 atom stereocenters. The molecule has 1 N–H and O–H groups in total. The van der Waals surface area contributed by atoms with E-state index in [1.165, 1.54) is 24.3 Å². The summed E-state index contributed by atoms with van der Waals surface area (Å²) in [6, 6.07) is 19.6. The molecule has 0 aliphatic carbocycles. The summed E-state index contributed by atoms with van der Waals surface area (Å²) in [6.45, 7) is 9.34. The molecule has 0 radical (unpaired) electrons. The second kappa shape index (κ2) is 16.5. The summed E-state index contributed by atoms with van der Waals surface area (Å²) >= 11 is 0. The van der Waals surface area contributed by atoms with Crippen LogP contribution in [0.25, 0.3) is 11.1 Å². The lowest BCUT2D eigenvalue weighted by Crippen LogP contribution is -2.10. The van der Waals surface area contributed by atoms with Gasteiger partial charge in [-0.05, 0) is 97.3 Å². The second-order valence-electron chi connectivity index (χ2n) is 9.40. The SMILES string of the molecule is C=CC(=O)Oc1ccc(C(=O)Oc2ccc(-c3ccc(OCCCCCCOC(=O)C(=C)CO)cc3)c(CC)c2)cc1. The molecule has 220 valence electrons. The van der Waals surface area contributed by atoms with Crippen molar-refractivity contribution in [3.63, 3.8) is 0 Å². The lowest BCUT2D eigenvalue weighted by atomic mass is 9.98. The van der Waals surface area contributed by atoms with E-state index in [-0.39, 0.29) is 5.57 Å². The molecule has 0 amide bonds. The van der Waals surface area contributed by atoms with Crippen LogP contribution in [-0.4, -0.2) is 42.8 Å². The zero-order valence-corrected chi connectivity index (χ0v) is 23.8. The highest BCUT2D eigenvalue weighted by Crippen LogP contribution is 2.30. The number of unbranched alkanes of at least 4 members (excludes halogenated alkanes) is 3. The van der Waals surface area contributed by atoms with E-state index in [2.05, 4.69) is 13.2 Å². The van der Waals surface area contributed by atoms with Crippen LogP contribution in [0.1, 0.15) is 48.5 Å². The average molecular weight is 573 g/mol. The van der Waals surface area contributed by atoms with E-state index in [4.69, 9.17) is 24.1 Å². The number of aliphatic hydroxyl groups is 1. The number of rotatable bonds is 16. The molecular weight excluding hydrogens is 536 g/mol. The maximum atomic E-state index is 12.6. The zero-order valence-electron chi connectivity index (χ0n) is 23.8. The van der Waals surface area contributed by atoms with Gasteiger partial charge in [-0.3, -0.25) is 0 Å². The van der Waals surface area contributed by atoms with Crippen molar-refractivity contribution in [1.82, 2.24) is 0 Å². The minimum absolute atomic E-state index is 0.0638. The minimum Gasteiger partial charge on any atom is -0.494 e. The molecule has 0 spiro atoms. The summed E-state index contributed by atoms with van der Waals surface area (Å²) in [5.41, 5.74) is 3.50. The molecule has 3 aromatic carbocycles. The lowest BCUT2D eigenvalue weighted by molar-refractivity contribution is -0.139. The Bertz CT molecular complexity index is 1370. The zero-order chi connectivity index (χ0) is 30.3. The summed E-state index contributed by atoms with van der Waals surface area (Å²) < 4.78 is 21.5. The van der Waals surface area contributed by atoms with Gasteiger partial charge in [-0.25, -0.2) is 14.4 Å². The topological polar surface area (TPSA) is 108 Å². The van der Waals surface area contributed by atoms with E-state index in [9.17, 15) is 14.4 Å². The fourth-order valence-electron chi connectivity index (χ4n) is 4.00. The molecule has 3 aromatic rings. The monoisotopic (exact) mass is 572 g/mol. The van der Waals surface area contributed by atoms with E-state index >= 15 is 0 Å². The van der Waals surface area contributed by atoms with Gasteiger partial charge >= 0.3 is 17.9 Å². The molecule has 0 heterocycles. The first-order chi connectivity index (χ1) is 20.3. The smallest absolute Gasteiger partial charge is 0.343 e. The Labute approximate surface area is 246 Å². The summed E-state index contributed by atoms with van der Waals surface area (Å²) in [4.78, 5) is 35.4. The third kappa shape index (κ3) is 9.74. The van der Waals surface area contributed by atoms with Crippen LogP contribution >= 0.6 is 0 Å². The third-order valence-electron chi connectivity index (χ3n) is 6.33. The first-order valence-electron chi connectivity index (χ1n) is 13.8. The maximum absolute atomic E-state index is 12.6. The summed E-state index contributed by atoms with van der Waals surface area (Å²) in [7, 11) is 0. The Hall–Kier alpha value is -4.69. The van der Waals surface area contributed by atoms with E-state index in [0.29, 0.717) is 30.3 Å². The van der Waals surface area contributed by atoms with Crippen molar-refractivity contribution in [2.45, 2.75) is 39.0 Å². The highest BCUT2D eigenvalue weighted by atomic mass is 16.5. The standard InChI is InChI=1S/C34H36O8/c1-4-25-22-30(42-34(38)27-12-16-29(17-13-27)41-32(36)5-2)18-19-31(25)26-10-14-28(15-11-26)39-20-8-6-7-9-21-40-33(37)24(3)23-35/h5,10-19,22,35H,2-4,6-9,20-21,23H2,1H3. The van der Waals surface area contributed by atoms with Crippen molar-refractivity contribution < 1.29 is 38.4 Å². The Morgan fingerprint density at radius 2 is 1.45 bits per heavy atom. The van der Waals surface area contributed by atoms with Crippen molar-refractivity contribution in [3.05, 3.63) is 103 Å². The Morgan fingerprint density at radius 3 is 2.10 bits per heavy atom. The molecular formula is C34H36O8. The third-order valence-corrected chi connectivity index (χ3v) is 6.33. The fraction of sp³-hybridized carbons (Fsp3) is 0.265. The number of ether oxygens (including phenoxy) is 4. The summed E-state index contributed by atoms with van der Waals surface area (Å²) in [6.07, 6.45) is 5.30. The van der Waals surface area contributed by atoms with Gasteiger partial charge in [0.15, 0.2) is 0 Å². The fourth-order valence-corrected chi connectivity index (χ4v) is 4.00. The number of carbonyl (C=O) groups excluding carboxylic acids is 3. The molecule has 0 aliphatic rings. The second-order valence-corrected chi connectivity index (χ2v) is 9.40. The minimum atomic E-state index is -0.576. The number of aliphatic hydroxyl groups excluding tert-OH is 1. The molecule has 0 saturated heterocycles. The Balaban J connectivity index is 1.47. The lowest BCUT2D eigenvalue weighted by Gasteiger charge is -2.12. The molecule has 0 aliphatic heterocycles. The van der Waals surface area contributed by atoms with Gasteiger partial charge in [0.25, 0.3) is 0 Å². The summed E-state index contributed by atoms with van der Waals surface area (Å²) in [5, 5.41) is 8.85. The van der Waals surface area contributed by atoms with Crippen LogP contribution in [0.2, 0.25) is 0 Å². The normalized spacial score (nSPS) is 10.4. The number of benzene rings is 3. The van der Waals surface area contributed by atoms with Gasteiger partial charge in [-0.15, -0.1) is 0 Å². The number of aryl methyl sites for hydroxylation is 1. The largest absolute Gasteiger partial charge is 0.494 e. The van der Waals surface area contributed by atoms with Crippen molar-refractivity contribution in [3.8, 4) is 28.4 Å². The molecule has 42 heavy (non-hydrogen) atoms. The highest BCUT2D eigenvalue weighted by Gasteiger charge is 2.12. The van der Waals surface area contributed by atoms with Crippen molar-refractivity contribution in [2.75, 3.05) is 19.8 Å². The van der Waals surface area contributed by atoms with E-state index in [1.807, 2.05) is 43.3 Å². The van der Waals surface area contributed by atoms with Gasteiger partial charge in [-0.1, -0.05) is 38.3 Å². The highest BCUT2D eigenvalue weighted by molar-refractivity contribution is 5.91. The van der Waals surface area contributed by atoms with Crippen LogP contribution in [0.5, 0.6) is 17.2 Å². The summed E-state index contributed by atoms with van der Waals surface area (Å²) in [5.74, 6) is -0.108. The van der Waals surface area contributed by atoms with Gasteiger partial charge in [0.1, 0.15) is 17.2 Å². The van der Waals surface area contributed by atoms with Gasteiger partial charge in [0.05, 0.1) is 31.0 Å². The molecule has 0 aromatic heterocycles. The molecule has 8 heteroatoms. The Morgan fingerprint density at radius 1 is 0.810 bits per heavy atom. The van der Waals surface area contributed by atoms with Crippen LogP contribution in [0, 0.1) is 0 Å². The molecule has 0 fully saturated rings. The van der Waals surface area contributed by atoms with E-state index in [0.717, 1.165) is 60.6 Å². The molecule has 3 rings (SSSR count). The van der Waals surface area contributed by atoms with Gasteiger partial charge in [0, 0.05) is 6.08 Å². The van der Waals surface area contributed by atoms with Crippen LogP contribution in [0.3, 0.4) is 0 Å². The maximum Gasteiger partial charge on any atom is 0.343 e. The van der Waals surface area contributed by atoms with Crippen LogP contribution in [-0.2, 0) is 20.7 Å². The number of carbonyl (C=O) groups is 3. The first kappa shape index (κ1) is 31.8. The molecule has 0 bridgehead atoms. The van der Waals surface area contributed by atoms with E-state index in [1.54, 1.807) is 6.07 Å². The predicted molar refractivity (Wildman–Crippen MR) is 160 cm³/mol. The quantitative estimate of drug-likeness (QED) is 0.0928. The van der Waals surface area contributed by atoms with Crippen LogP contribution in [0.4, 0.5) is 0 Å². The predicted octanol–water partition coefficient (Wildman–Crippen LogP) is 6.26. The van der Waals surface area contributed by atoms with Crippen LogP contribution < -0.4 is 14.2 Å². The number of hydrogen-bond donors (Lipinski definition) is 1. The average Bonchev–Trinajstić information content (AvgIpc) is 3.02. The van der Waals surface area contributed by atoms with Gasteiger partial charge < -0.3 is 24.1 Å². The Kier molecular flexibility index (Phi) is 12.5. The van der Waals surface area contributed by atoms with Gasteiger partial charge in [0.2, 0.25) is 0 Å². The van der Waals surface area contributed by atoms with Crippen LogP contribution in [0.15, 0.2) is 91.5 Å². The van der Waals surface area contributed by atoms with Crippen molar-refractivity contribution in [2.24, 2.45) is 0 Å². The molecule has 8 nitrogen and oxygen atoms in total. The van der Waals surface area contributed by atoms with Gasteiger partial charge in [-0.2, -0.15) is 0 Å². The molecule has 0 unspecified atom stereocenters.